The molecule has 0 radical (unpaired) electrons. The lowest BCUT2D eigenvalue weighted by Gasteiger charge is -2.34. The number of ether oxygens (including phenoxy) is 1. The Bertz CT molecular complexity index is 1430. The average Bonchev–Trinajstić information content (AvgIpc) is 2.94. The molecule has 10 heteroatoms. The minimum Gasteiger partial charge on any atom is -0.497 e. The fraction of sp³-hybridized carbons (Fsp3) is 0.333. The molecule has 40 heavy (non-hydrogen) atoms. The molecule has 0 fully saturated rings. The van der Waals surface area contributed by atoms with Gasteiger partial charge in [-0.05, 0) is 54.3 Å². The van der Waals surface area contributed by atoms with E-state index in [4.69, 9.17) is 4.74 Å². The maximum Gasteiger partial charge on any atom is 0.304 e. The standard InChI is InChI=1S/C30H38N4O5S/c1-22-15-16-23(2)27(17-22)34(40(37,38)32(4)5)21-29(35)33(20-25-13-10-14-26(18-25)39-6)28(30(36)31-3)19-24-11-8-7-9-12-24/h7-18,28H,19-21H2,1-6H3,(H,31,36)/t28-/m1/s1. The van der Waals surface area contributed by atoms with E-state index in [1.807, 2.05) is 61.5 Å². The van der Waals surface area contributed by atoms with Crippen LogP contribution in [0.1, 0.15) is 22.3 Å². The number of hydrogen-bond acceptors (Lipinski definition) is 5. The van der Waals surface area contributed by atoms with Crippen LogP contribution in [0.2, 0.25) is 0 Å². The van der Waals surface area contributed by atoms with Crippen LogP contribution in [-0.2, 0) is 32.8 Å². The summed E-state index contributed by atoms with van der Waals surface area (Å²) in [6.07, 6.45) is 0.250. The zero-order chi connectivity index (χ0) is 29.4. The van der Waals surface area contributed by atoms with Crippen molar-refractivity contribution in [3.8, 4) is 5.75 Å². The Labute approximate surface area is 237 Å². The van der Waals surface area contributed by atoms with Gasteiger partial charge in [-0.15, -0.1) is 0 Å². The second-order valence-electron chi connectivity index (χ2n) is 9.78. The van der Waals surface area contributed by atoms with Gasteiger partial charge in [0.25, 0.3) is 0 Å². The van der Waals surface area contributed by atoms with E-state index in [0.717, 1.165) is 25.3 Å². The fourth-order valence-electron chi connectivity index (χ4n) is 4.38. The number of methoxy groups -OCH3 is 1. The van der Waals surface area contributed by atoms with Gasteiger partial charge in [0.2, 0.25) is 11.8 Å². The van der Waals surface area contributed by atoms with Crippen molar-refractivity contribution in [3.63, 3.8) is 0 Å². The Hall–Kier alpha value is -3.89. The van der Waals surface area contributed by atoms with Gasteiger partial charge in [-0.2, -0.15) is 12.7 Å². The first-order valence-electron chi connectivity index (χ1n) is 12.9. The fourth-order valence-corrected chi connectivity index (χ4v) is 5.49. The lowest BCUT2D eigenvalue weighted by molar-refractivity contribution is -0.139. The zero-order valence-electron chi connectivity index (χ0n) is 23.9. The van der Waals surface area contributed by atoms with Gasteiger partial charge in [0.05, 0.1) is 12.8 Å². The van der Waals surface area contributed by atoms with Crippen LogP contribution in [0, 0.1) is 13.8 Å². The maximum absolute atomic E-state index is 14.2. The lowest BCUT2D eigenvalue weighted by atomic mass is 10.0. The van der Waals surface area contributed by atoms with Gasteiger partial charge in [0.15, 0.2) is 0 Å². The van der Waals surface area contributed by atoms with Crippen molar-refractivity contribution in [1.29, 1.82) is 0 Å². The van der Waals surface area contributed by atoms with E-state index in [1.165, 1.54) is 26.0 Å². The van der Waals surface area contributed by atoms with E-state index in [0.29, 0.717) is 17.0 Å². The highest BCUT2D eigenvalue weighted by Crippen LogP contribution is 2.26. The van der Waals surface area contributed by atoms with E-state index < -0.39 is 28.7 Å². The number of benzene rings is 3. The molecule has 1 N–H and O–H groups in total. The number of hydrogen-bond donors (Lipinski definition) is 1. The van der Waals surface area contributed by atoms with Gasteiger partial charge in [-0.3, -0.25) is 9.59 Å². The van der Waals surface area contributed by atoms with Gasteiger partial charge in [0.1, 0.15) is 18.3 Å². The second kappa shape index (κ2) is 13.5. The summed E-state index contributed by atoms with van der Waals surface area (Å²) in [6.45, 7) is 3.25. The molecule has 0 bridgehead atoms. The number of anilines is 1. The van der Waals surface area contributed by atoms with Crippen molar-refractivity contribution < 1.29 is 22.7 Å². The number of carbonyl (C=O) groups excluding carboxylic acids is 2. The first-order chi connectivity index (χ1) is 19.0. The molecule has 0 saturated carbocycles. The Morgan fingerprint density at radius 1 is 0.925 bits per heavy atom. The van der Waals surface area contributed by atoms with E-state index in [1.54, 1.807) is 32.2 Å². The topological polar surface area (TPSA) is 99.3 Å². The van der Waals surface area contributed by atoms with Crippen molar-refractivity contribution in [2.75, 3.05) is 39.1 Å². The third-order valence-electron chi connectivity index (χ3n) is 6.66. The predicted molar refractivity (Wildman–Crippen MR) is 157 cm³/mol. The summed E-state index contributed by atoms with van der Waals surface area (Å²) in [7, 11) is 1.87. The van der Waals surface area contributed by atoms with Crippen molar-refractivity contribution >= 4 is 27.7 Å². The van der Waals surface area contributed by atoms with E-state index in [9.17, 15) is 18.0 Å². The molecule has 1 atom stereocenters. The van der Waals surface area contributed by atoms with Crippen LogP contribution in [-0.4, -0.2) is 70.3 Å². The van der Waals surface area contributed by atoms with Crippen molar-refractivity contribution in [2.45, 2.75) is 32.9 Å². The number of rotatable bonds is 12. The van der Waals surface area contributed by atoms with E-state index in [2.05, 4.69) is 5.32 Å². The minimum atomic E-state index is -4.06. The summed E-state index contributed by atoms with van der Waals surface area (Å²) in [5, 5.41) is 2.68. The molecule has 214 valence electrons. The highest BCUT2D eigenvalue weighted by molar-refractivity contribution is 7.90. The number of nitrogens with zero attached hydrogens (tertiary/aromatic N) is 3. The Kier molecular flexibility index (Phi) is 10.3. The molecule has 0 aliphatic carbocycles. The smallest absolute Gasteiger partial charge is 0.304 e. The van der Waals surface area contributed by atoms with Crippen LogP contribution in [0.5, 0.6) is 5.75 Å². The SMILES string of the molecule is CNC(=O)[C@@H](Cc1ccccc1)N(Cc1cccc(OC)c1)C(=O)CN(c1cc(C)ccc1C)S(=O)(=O)N(C)C. The van der Waals surface area contributed by atoms with Crippen molar-refractivity contribution in [3.05, 3.63) is 95.1 Å². The molecule has 9 nitrogen and oxygen atoms in total. The molecular formula is C30H38N4O5S. The molecule has 3 aromatic rings. The first-order valence-corrected chi connectivity index (χ1v) is 14.3. The molecule has 0 aliphatic heterocycles. The normalized spacial score (nSPS) is 12.1. The number of aryl methyl sites for hydroxylation is 2. The van der Waals surface area contributed by atoms with Crippen LogP contribution < -0.4 is 14.4 Å². The minimum absolute atomic E-state index is 0.0730. The molecule has 3 rings (SSSR count). The summed E-state index contributed by atoms with van der Waals surface area (Å²) < 4.78 is 34.6. The number of carbonyl (C=O) groups is 2. The average molecular weight is 567 g/mol. The van der Waals surface area contributed by atoms with Gasteiger partial charge in [0, 0.05) is 34.1 Å². The molecule has 3 aromatic carbocycles. The van der Waals surface area contributed by atoms with Gasteiger partial charge >= 0.3 is 10.2 Å². The molecular weight excluding hydrogens is 528 g/mol. The summed E-state index contributed by atoms with van der Waals surface area (Å²) in [5.74, 6) is -0.260. The number of nitrogens with one attached hydrogen (secondary N) is 1. The third-order valence-corrected chi connectivity index (χ3v) is 8.46. The quantitative estimate of drug-likeness (QED) is 0.363. The third kappa shape index (κ3) is 7.40. The van der Waals surface area contributed by atoms with Gasteiger partial charge in [-0.1, -0.05) is 54.6 Å². The second-order valence-corrected chi connectivity index (χ2v) is 11.8. The molecule has 0 saturated heterocycles. The van der Waals surface area contributed by atoms with Crippen LogP contribution in [0.15, 0.2) is 72.8 Å². The first kappa shape index (κ1) is 30.6. The Morgan fingerprint density at radius 3 is 2.23 bits per heavy atom. The van der Waals surface area contributed by atoms with E-state index >= 15 is 0 Å². The highest BCUT2D eigenvalue weighted by Gasteiger charge is 2.35. The van der Waals surface area contributed by atoms with Crippen LogP contribution in [0.3, 0.4) is 0 Å². The molecule has 2 amide bonds. The summed E-state index contributed by atoms with van der Waals surface area (Å²) >= 11 is 0. The monoisotopic (exact) mass is 566 g/mol. The molecule has 0 unspecified atom stereocenters. The molecule has 0 heterocycles. The summed E-state index contributed by atoms with van der Waals surface area (Å²) in [6, 6.07) is 21.2. The van der Waals surface area contributed by atoms with Crippen molar-refractivity contribution in [1.82, 2.24) is 14.5 Å². The molecule has 0 aromatic heterocycles. The van der Waals surface area contributed by atoms with Crippen LogP contribution in [0.4, 0.5) is 5.69 Å². The van der Waals surface area contributed by atoms with E-state index in [-0.39, 0.29) is 18.9 Å². The van der Waals surface area contributed by atoms with Gasteiger partial charge in [-0.25, -0.2) is 4.31 Å². The largest absolute Gasteiger partial charge is 0.497 e. The van der Waals surface area contributed by atoms with Crippen molar-refractivity contribution in [2.24, 2.45) is 0 Å². The molecule has 0 aliphatic rings. The predicted octanol–water partition coefficient (Wildman–Crippen LogP) is 3.31. The van der Waals surface area contributed by atoms with Gasteiger partial charge < -0.3 is 15.0 Å². The maximum atomic E-state index is 14.2. The van der Waals surface area contributed by atoms with Crippen LogP contribution >= 0.6 is 0 Å². The Morgan fingerprint density at radius 2 is 1.60 bits per heavy atom. The summed E-state index contributed by atoms with van der Waals surface area (Å²) in [5.41, 5.74) is 3.57. The highest BCUT2D eigenvalue weighted by atomic mass is 32.2. The Balaban J connectivity index is 2.11. The van der Waals surface area contributed by atoms with Crippen LogP contribution in [0.25, 0.3) is 0 Å². The zero-order valence-corrected chi connectivity index (χ0v) is 24.7. The lowest BCUT2D eigenvalue weighted by Crippen LogP contribution is -2.54. The number of amides is 2. The summed E-state index contributed by atoms with van der Waals surface area (Å²) in [4.78, 5) is 28.9. The molecule has 0 spiro atoms. The number of likely N-dealkylation sites (N-methyl/N-ethyl adjacent to an activating group) is 1.